The lowest BCUT2D eigenvalue weighted by molar-refractivity contribution is 0.102. The van der Waals surface area contributed by atoms with Crippen LogP contribution in [-0.2, 0) is 0 Å². The van der Waals surface area contributed by atoms with Gasteiger partial charge in [0.1, 0.15) is 0 Å². The third kappa shape index (κ3) is 2.34. The lowest BCUT2D eigenvalue weighted by Gasteiger charge is -2.05. The number of anilines is 2. The van der Waals surface area contributed by atoms with E-state index in [1.54, 1.807) is 18.2 Å². The minimum absolute atomic E-state index is 0.258. The molecule has 4 N–H and O–H groups in total. The van der Waals surface area contributed by atoms with Crippen LogP contribution >= 0.6 is 22.6 Å². The predicted octanol–water partition coefficient (Wildman–Crippen LogP) is 3.00. The maximum absolute atomic E-state index is 12.3. The topological polar surface area (TPSA) is 83.8 Å². The molecule has 0 radical (unpaired) electrons. The fraction of sp³-hybridized carbons (Fsp3) is 0. The number of carbonyl (C=O) groups is 1. The summed E-state index contributed by atoms with van der Waals surface area (Å²) in [5.41, 5.74) is 8.24. The number of rotatable bonds is 2. The van der Waals surface area contributed by atoms with Crippen molar-refractivity contribution in [3.63, 3.8) is 0 Å². The number of nitrogens with two attached hydrogens (primary N) is 1. The summed E-state index contributed by atoms with van der Waals surface area (Å²) >= 11 is 2.17. The summed E-state index contributed by atoms with van der Waals surface area (Å²) in [6, 6.07) is 12.9. The van der Waals surface area contributed by atoms with Crippen molar-refractivity contribution in [2.24, 2.45) is 0 Å². The van der Waals surface area contributed by atoms with Crippen LogP contribution in [0, 0.1) is 3.57 Å². The second-order valence-electron chi connectivity index (χ2n) is 4.31. The van der Waals surface area contributed by atoms with Gasteiger partial charge >= 0.3 is 0 Å². The van der Waals surface area contributed by atoms with Crippen molar-refractivity contribution in [1.82, 2.24) is 10.2 Å². The van der Waals surface area contributed by atoms with E-state index in [9.17, 15) is 4.79 Å². The van der Waals surface area contributed by atoms with Crippen molar-refractivity contribution in [2.45, 2.75) is 0 Å². The molecule has 0 fully saturated rings. The smallest absolute Gasteiger partial charge is 0.276 e. The number of hydrogen-bond acceptors (Lipinski definition) is 3. The molecule has 0 saturated heterocycles. The zero-order valence-electron chi connectivity index (χ0n) is 10.4. The molecule has 100 valence electrons. The predicted molar refractivity (Wildman–Crippen MR) is 87.6 cm³/mol. The highest BCUT2D eigenvalue weighted by Gasteiger charge is 2.15. The molecule has 1 amide bonds. The molecular formula is C14H11IN4O. The van der Waals surface area contributed by atoms with E-state index in [0.717, 1.165) is 14.8 Å². The van der Waals surface area contributed by atoms with E-state index < -0.39 is 0 Å². The van der Waals surface area contributed by atoms with E-state index in [0.29, 0.717) is 16.8 Å². The molecule has 0 atom stereocenters. The molecule has 0 saturated carbocycles. The Balaban J connectivity index is 1.97. The number of H-pyrrole nitrogens is 1. The second-order valence-corrected chi connectivity index (χ2v) is 5.47. The van der Waals surface area contributed by atoms with Crippen molar-refractivity contribution < 1.29 is 4.79 Å². The van der Waals surface area contributed by atoms with Crippen LogP contribution in [0.15, 0.2) is 42.5 Å². The molecule has 6 heteroatoms. The molecule has 3 aromatic rings. The molecule has 0 aliphatic carbocycles. The Morgan fingerprint density at radius 2 is 2.05 bits per heavy atom. The Bertz CT molecular complexity index is 797. The minimum atomic E-state index is -0.258. The fourth-order valence-electron chi connectivity index (χ4n) is 1.95. The van der Waals surface area contributed by atoms with Gasteiger partial charge in [-0.05, 0) is 52.9 Å². The molecule has 2 aromatic carbocycles. The number of amides is 1. The van der Waals surface area contributed by atoms with Crippen LogP contribution in [0.1, 0.15) is 10.5 Å². The van der Waals surface area contributed by atoms with Gasteiger partial charge in [-0.1, -0.05) is 12.1 Å². The fourth-order valence-corrected chi connectivity index (χ4v) is 2.47. The molecule has 1 heterocycles. The molecule has 0 unspecified atom stereocenters. The molecule has 3 rings (SSSR count). The summed E-state index contributed by atoms with van der Waals surface area (Å²) < 4.78 is 0.970. The molecule has 0 aliphatic rings. The number of nitrogens with one attached hydrogen (secondary N) is 2. The van der Waals surface area contributed by atoms with Crippen LogP contribution in [-0.4, -0.2) is 16.1 Å². The molecule has 0 spiro atoms. The van der Waals surface area contributed by atoms with Crippen LogP contribution in [0.3, 0.4) is 0 Å². The minimum Gasteiger partial charge on any atom is -0.399 e. The second kappa shape index (κ2) is 5.12. The third-order valence-corrected chi connectivity index (χ3v) is 3.86. The standard InChI is InChI=1S/C14H11IN4O/c15-10-3-1-2-4-12(10)17-14(20)13-9-7-8(16)5-6-11(9)18-19-13/h1-7H,16H2,(H,17,20)(H,18,19). The van der Waals surface area contributed by atoms with Crippen LogP contribution in [0.25, 0.3) is 10.9 Å². The first-order chi connectivity index (χ1) is 9.65. The van der Waals surface area contributed by atoms with Crippen molar-refractivity contribution in [2.75, 3.05) is 11.1 Å². The number of benzene rings is 2. The Kier molecular flexibility index (Phi) is 3.31. The van der Waals surface area contributed by atoms with Crippen molar-refractivity contribution in [3.05, 3.63) is 51.7 Å². The van der Waals surface area contributed by atoms with E-state index >= 15 is 0 Å². The Morgan fingerprint density at radius 1 is 1.25 bits per heavy atom. The Morgan fingerprint density at radius 3 is 2.85 bits per heavy atom. The maximum Gasteiger partial charge on any atom is 0.276 e. The quantitative estimate of drug-likeness (QED) is 0.474. The summed E-state index contributed by atoms with van der Waals surface area (Å²) in [5, 5.41) is 10.5. The van der Waals surface area contributed by atoms with Gasteiger partial charge in [0.2, 0.25) is 0 Å². The molecular weight excluding hydrogens is 367 g/mol. The number of halogens is 1. The van der Waals surface area contributed by atoms with Gasteiger partial charge in [-0.2, -0.15) is 5.10 Å². The summed E-state index contributed by atoms with van der Waals surface area (Å²) in [6.45, 7) is 0. The summed E-state index contributed by atoms with van der Waals surface area (Å²) in [6.07, 6.45) is 0. The van der Waals surface area contributed by atoms with Crippen LogP contribution < -0.4 is 11.1 Å². The van der Waals surface area contributed by atoms with Gasteiger partial charge in [0.05, 0.1) is 11.2 Å². The highest BCUT2D eigenvalue weighted by atomic mass is 127. The van der Waals surface area contributed by atoms with E-state index in [1.165, 1.54) is 0 Å². The van der Waals surface area contributed by atoms with E-state index in [-0.39, 0.29) is 5.91 Å². The van der Waals surface area contributed by atoms with Crippen LogP contribution in [0.4, 0.5) is 11.4 Å². The average molecular weight is 378 g/mol. The lowest BCUT2D eigenvalue weighted by Crippen LogP contribution is -2.13. The van der Waals surface area contributed by atoms with Gasteiger partial charge in [-0.15, -0.1) is 0 Å². The monoisotopic (exact) mass is 378 g/mol. The molecule has 20 heavy (non-hydrogen) atoms. The van der Waals surface area contributed by atoms with Gasteiger partial charge < -0.3 is 11.1 Å². The van der Waals surface area contributed by atoms with Crippen LogP contribution in [0.2, 0.25) is 0 Å². The summed E-state index contributed by atoms with van der Waals surface area (Å²) in [4.78, 5) is 12.3. The van der Waals surface area contributed by atoms with Gasteiger partial charge in [0, 0.05) is 14.6 Å². The number of nitrogen functional groups attached to an aromatic ring is 1. The largest absolute Gasteiger partial charge is 0.399 e. The number of hydrogen-bond donors (Lipinski definition) is 3. The number of fused-ring (bicyclic) bond motifs is 1. The first-order valence-electron chi connectivity index (χ1n) is 5.94. The first kappa shape index (κ1) is 12.9. The summed E-state index contributed by atoms with van der Waals surface area (Å²) in [7, 11) is 0. The summed E-state index contributed by atoms with van der Waals surface area (Å²) in [5.74, 6) is -0.258. The highest BCUT2D eigenvalue weighted by Crippen LogP contribution is 2.22. The van der Waals surface area contributed by atoms with Crippen molar-refractivity contribution in [3.8, 4) is 0 Å². The van der Waals surface area contributed by atoms with Crippen molar-refractivity contribution >= 4 is 50.8 Å². The number of para-hydroxylation sites is 1. The zero-order valence-corrected chi connectivity index (χ0v) is 12.5. The molecule has 5 nitrogen and oxygen atoms in total. The number of nitrogens with zero attached hydrogens (tertiary/aromatic N) is 1. The van der Waals surface area contributed by atoms with E-state index in [4.69, 9.17) is 5.73 Å². The number of aromatic amines is 1. The Hall–Kier alpha value is -2.09. The molecule has 0 aliphatic heterocycles. The van der Waals surface area contributed by atoms with Crippen molar-refractivity contribution in [1.29, 1.82) is 0 Å². The molecule has 1 aromatic heterocycles. The van der Waals surface area contributed by atoms with Gasteiger partial charge in [0.15, 0.2) is 5.69 Å². The van der Waals surface area contributed by atoms with Gasteiger partial charge in [-0.25, -0.2) is 0 Å². The normalized spacial score (nSPS) is 10.7. The third-order valence-electron chi connectivity index (χ3n) is 2.92. The van der Waals surface area contributed by atoms with Gasteiger partial charge in [-0.3, -0.25) is 9.89 Å². The molecule has 0 bridgehead atoms. The highest BCUT2D eigenvalue weighted by molar-refractivity contribution is 14.1. The average Bonchev–Trinajstić information content (AvgIpc) is 2.84. The van der Waals surface area contributed by atoms with Gasteiger partial charge in [0.25, 0.3) is 5.91 Å². The SMILES string of the molecule is Nc1ccc2[nH]nc(C(=O)Nc3ccccc3I)c2c1. The zero-order chi connectivity index (χ0) is 14.1. The first-order valence-corrected chi connectivity index (χ1v) is 7.02. The Labute approximate surface area is 128 Å². The number of carbonyl (C=O) groups excluding carboxylic acids is 1. The van der Waals surface area contributed by atoms with Crippen LogP contribution in [0.5, 0.6) is 0 Å². The van der Waals surface area contributed by atoms with E-state index in [2.05, 4.69) is 38.1 Å². The number of aromatic nitrogens is 2. The maximum atomic E-state index is 12.3. The van der Waals surface area contributed by atoms with E-state index in [1.807, 2.05) is 24.3 Å². The lowest BCUT2D eigenvalue weighted by atomic mass is 10.2.